The highest BCUT2D eigenvalue weighted by molar-refractivity contribution is 7.99. The Morgan fingerprint density at radius 1 is 1.00 bits per heavy atom. The predicted octanol–water partition coefficient (Wildman–Crippen LogP) is 3.81. The summed E-state index contributed by atoms with van der Waals surface area (Å²) in [6, 6.07) is 16.0. The van der Waals surface area contributed by atoms with Gasteiger partial charge in [0.05, 0.1) is 34.2 Å². The summed E-state index contributed by atoms with van der Waals surface area (Å²) in [5.74, 6) is 0.0416. The number of nitrogens with zero attached hydrogens (tertiary/aromatic N) is 6. The molecular formula is C22H23N7OS. The lowest BCUT2D eigenvalue weighted by Crippen LogP contribution is -2.16. The molecule has 0 saturated carbocycles. The summed E-state index contributed by atoms with van der Waals surface area (Å²) in [4.78, 5) is 12.7. The number of nitrogens with one attached hydrogen (secondary N) is 1. The Labute approximate surface area is 184 Å². The molecule has 0 aliphatic rings. The number of carbonyl (C=O) groups excluding carboxylic acids is 1. The predicted molar refractivity (Wildman–Crippen MR) is 121 cm³/mol. The Hall–Kier alpha value is -3.46. The van der Waals surface area contributed by atoms with Crippen molar-refractivity contribution in [2.24, 2.45) is 0 Å². The number of benzene rings is 2. The number of aryl methyl sites for hydroxylation is 3. The van der Waals surface area contributed by atoms with E-state index in [0.29, 0.717) is 5.16 Å². The van der Waals surface area contributed by atoms with Crippen LogP contribution in [0.4, 0.5) is 5.69 Å². The zero-order valence-corrected chi connectivity index (χ0v) is 18.6. The Bertz CT molecular complexity index is 1230. The van der Waals surface area contributed by atoms with Crippen LogP contribution in [-0.4, -0.2) is 41.6 Å². The Morgan fingerprint density at radius 3 is 2.48 bits per heavy atom. The molecule has 2 aromatic carbocycles. The average Bonchev–Trinajstić information content (AvgIpc) is 3.33. The number of hydrogen-bond acceptors (Lipinski definition) is 6. The summed E-state index contributed by atoms with van der Waals surface area (Å²) in [6.45, 7) is 7.87. The van der Waals surface area contributed by atoms with Crippen molar-refractivity contribution < 1.29 is 4.79 Å². The Morgan fingerprint density at radius 2 is 1.74 bits per heavy atom. The molecule has 4 aromatic rings. The molecular weight excluding hydrogens is 410 g/mol. The first-order chi connectivity index (χ1) is 14.9. The molecule has 0 bridgehead atoms. The lowest BCUT2D eigenvalue weighted by atomic mass is 10.2. The second kappa shape index (κ2) is 8.73. The second-order valence-corrected chi connectivity index (χ2v) is 8.23. The van der Waals surface area contributed by atoms with Gasteiger partial charge in [0.2, 0.25) is 11.1 Å². The van der Waals surface area contributed by atoms with E-state index in [0.717, 1.165) is 34.0 Å². The van der Waals surface area contributed by atoms with Crippen molar-refractivity contribution in [2.75, 3.05) is 11.1 Å². The van der Waals surface area contributed by atoms with Gasteiger partial charge < -0.3 is 5.32 Å². The molecule has 158 valence electrons. The third kappa shape index (κ3) is 4.36. The van der Waals surface area contributed by atoms with E-state index in [9.17, 15) is 4.79 Å². The quantitative estimate of drug-likeness (QED) is 0.465. The first-order valence-electron chi connectivity index (χ1n) is 9.84. The van der Waals surface area contributed by atoms with Gasteiger partial charge in [-0.3, -0.25) is 4.79 Å². The summed E-state index contributed by atoms with van der Waals surface area (Å²) in [5.41, 5.74) is 6.45. The molecule has 0 radical (unpaired) electrons. The first-order valence-corrected chi connectivity index (χ1v) is 10.8. The molecule has 31 heavy (non-hydrogen) atoms. The number of rotatable bonds is 6. The van der Waals surface area contributed by atoms with Gasteiger partial charge in [-0.1, -0.05) is 47.7 Å². The molecule has 2 aromatic heterocycles. The maximum atomic E-state index is 12.7. The molecule has 1 N–H and O–H groups in total. The summed E-state index contributed by atoms with van der Waals surface area (Å²) in [7, 11) is 0. The summed E-state index contributed by atoms with van der Waals surface area (Å²) >= 11 is 1.29. The second-order valence-electron chi connectivity index (χ2n) is 7.29. The van der Waals surface area contributed by atoms with Gasteiger partial charge in [-0.05, 0) is 61.9 Å². The van der Waals surface area contributed by atoms with Gasteiger partial charge in [0.25, 0.3) is 0 Å². The standard InChI is InChI=1S/C22H23N7OS/c1-14-9-11-18(12-10-14)28-17(4)21(16(3)25-28)23-20(30)13-31-22-24-26-27-29(22)19-8-6-5-7-15(19)2/h5-12H,13H2,1-4H3,(H,23,30). The van der Waals surface area contributed by atoms with Crippen LogP contribution in [0.1, 0.15) is 22.5 Å². The van der Waals surface area contributed by atoms with Gasteiger partial charge >= 0.3 is 0 Å². The van der Waals surface area contributed by atoms with Gasteiger partial charge in [-0.2, -0.15) is 9.78 Å². The van der Waals surface area contributed by atoms with E-state index in [1.807, 2.05) is 80.9 Å². The van der Waals surface area contributed by atoms with E-state index >= 15 is 0 Å². The van der Waals surface area contributed by atoms with Crippen molar-refractivity contribution in [1.82, 2.24) is 30.0 Å². The highest BCUT2D eigenvalue weighted by Crippen LogP contribution is 2.24. The van der Waals surface area contributed by atoms with Crippen LogP contribution in [0.5, 0.6) is 0 Å². The molecule has 2 heterocycles. The maximum Gasteiger partial charge on any atom is 0.234 e. The number of anilines is 1. The fourth-order valence-electron chi connectivity index (χ4n) is 3.29. The lowest BCUT2D eigenvalue weighted by Gasteiger charge is -2.08. The van der Waals surface area contributed by atoms with Crippen molar-refractivity contribution >= 4 is 23.4 Å². The van der Waals surface area contributed by atoms with Crippen molar-refractivity contribution in [2.45, 2.75) is 32.9 Å². The largest absolute Gasteiger partial charge is 0.322 e. The van der Waals surface area contributed by atoms with Crippen LogP contribution in [-0.2, 0) is 4.79 Å². The lowest BCUT2D eigenvalue weighted by molar-refractivity contribution is -0.113. The SMILES string of the molecule is Cc1ccc(-n2nc(C)c(NC(=O)CSc3nnnn3-c3ccccc3C)c2C)cc1. The molecule has 0 atom stereocenters. The van der Waals surface area contributed by atoms with Gasteiger partial charge in [0, 0.05) is 0 Å². The van der Waals surface area contributed by atoms with Crippen LogP contribution >= 0.6 is 11.8 Å². The zero-order valence-electron chi connectivity index (χ0n) is 17.8. The van der Waals surface area contributed by atoms with Crippen LogP contribution < -0.4 is 5.32 Å². The molecule has 0 saturated heterocycles. The fraction of sp³-hybridized carbons (Fsp3) is 0.227. The summed E-state index contributed by atoms with van der Waals surface area (Å²) in [6.07, 6.45) is 0. The summed E-state index contributed by atoms with van der Waals surface area (Å²) in [5, 5.41) is 20.1. The minimum atomic E-state index is -0.140. The number of aromatic nitrogens is 6. The number of para-hydroxylation sites is 1. The molecule has 0 aliphatic carbocycles. The molecule has 0 aliphatic heterocycles. The minimum absolute atomic E-state index is 0.140. The van der Waals surface area contributed by atoms with E-state index in [1.165, 1.54) is 17.3 Å². The van der Waals surface area contributed by atoms with E-state index in [1.54, 1.807) is 4.68 Å². The van der Waals surface area contributed by atoms with Crippen LogP contribution in [0, 0.1) is 27.7 Å². The molecule has 9 heteroatoms. The molecule has 8 nitrogen and oxygen atoms in total. The maximum absolute atomic E-state index is 12.7. The van der Waals surface area contributed by atoms with Crippen molar-refractivity contribution in [1.29, 1.82) is 0 Å². The number of carbonyl (C=O) groups is 1. The van der Waals surface area contributed by atoms with Crippen LogP contribution in [0.15, 0.2) is 53.7 Å². The van der Waals surface area contributed by atoms with Crippen molar-refractivity contribution in [3.63, 3.8) is 0 Å². The molecule has 1 amide bonds. The van der Waals surface area contributed by atoms with Gasteiger partial charge in [-0.15, -0.1) is 5.10 Å². The van der Waals surface area contributed by atoms with Gasteiger partial charge in [0.1, 0.15) is 0 Å². The van der Waals surface area contributed by atoms with Crippen LogP contribution in [0.3, 0.4) is 0 Å². The smallest absolute Gasteiger partial charge is 0.234 e. The third-order valence-corrected chi connectivity index (χ3v) is 5.87. The van der Waals surface area contributed by atoms with E-state index < -0.39 is 0 Å². The molecule has 0 unspecified atom stereocenters. The van der Waals surface area contributed by atoms with Crippen molar-refractivity contribution in [3.05, 3.63) is 71.0 Å². The van der Waals surface area contributed by atoms with E-state index in [2.05, 4.69) is 25.9 Å². The fourth-order valence-corrected chi connectivity index (χ4v) is 3.97. The Balaban J connectivity index is 1.47. The van der Waals surface area contributed by atoms with E-state index in [4.69, 9.17) is 0 Å². The number of thioether (sulfide) groups is 1. The zero-order chi connectivity index (χ0) is 22.0. The minimum Gasteiger partial charge on any atom is -0.322 e. The molecule has 0 spiro atoms. The number of amides is 1. The Kier molecular flexibility index (Phi) is 5.85. The monoisotopic (exact) mass is 433 g/mol. The highest BCUT2D eigenvalue weighted by Gasteiger charge is 2.17. The topological polar surface area (TPSA) is 90.5 Å². The van der Waals surface area contributed by atoms with Crippen LogP contribution in [0.25, 0.3) is 11.4 Å². The van der Waals surface area contributed by atoms with Gasteiger partial charge in [0.15, 0.2) is 0 Å². The number of tetrazole rings is 1. The van der Waals surface area contributed by atoms with Crippen LogP contribution in [0.2, 0.25) is 0 Å². The average molecular weight is 434 g/mol. The van der Waals surface area contributed by atoms with E-state index in [-0.39, 0.29) is 11.7 Å². The third-order valence-electron chi connectivity index (χ3n) is 4.95. The van der Waals surface area contributed by atoms with Gasteiger partial charge in [-0.25, -0.2) is 4.68 Å². The molecule has 4 rings (SSSR count). The normalized spacial score (nSPS) is 11.0. The molecule has 0 fully saturated rings. The summed E-state index contributed by atoms with van der Waals surface area (Å²) < 4.78 is 3.50. The highest BCUT2D eigenvalue weighted by atomic mass is 32.2. The number of hydrogen-bond donors (Lipinski definition) is 1. The first kappa shape index (κ1) is 20.8. The van der Waals surface area contributed by atoms with Crippen molar-refractivity contribution in [3.8, 4) is 11.4 Å².